The van der Waals surface area contributed by atoms with Gasteiger partial charge >= 0.3 is 0 Å². The van der Waals surface area contributed by atoms with E-state index in [0.717, 1.165) is 27.7 Å². The third kappa shape index (κ3) is 1.25. The number of methoxy groups -OCH3 is 1. The monoisotopic (exact) mass is 232 g/mol. The summed E-state index contributed by atoms with van der Waals surface area (Å²) < 4.78 is 5.44. The average molecular weight is 233 g/mol. The average Bonchev–Trinajstić information content (AvgIpc) is 2.73. The highest BCUT2D eigenvalue weighted by atomic mass is 35.5. The second-order valence-electron chi connectivity index (χ2n) is 3.55. The highest BCUT2D eigenvalue weighted by Gasteiger charge is 2.10. The molecule has 0 aliphatic carbocycles. The molecule has 0 amide bonds. The lowest BCUT2D eigenvalue weighted by atomic mass is 10.1. The summed E-state index contributed by atoms with van der Waals surface area (Å²) >= 11 is 5.95. The Morgan fingerprint density at radius 1 is 1.25 bits per heavy atom. The largest absolute Gasteiger partial charge is 0.495 e. The molecule has 80 valence electrons. The molecule has 0 radical (unpaired) electrons. The lowest BCUT2D eigenvalue weighted by Gasteiger charge is -2.06. The molecule has 0 bridgehead atoms. The van der Waals surface area contributed by atoms with Crippen molar-refractivity contribution in [1.82, 2.24) is 9.97 Å². The topological polar surface area (TPSA) is 37.9 Å². The molecule has 0 atom stereocenters. The normalized spacial score (nSPS) is 11.1. The van der Waals surface area contributed by atoms with Crippen molar-refractivity contribution in [3.05, 3.63) is 35.5 Å². The number of hydrogen-bond donors (Lipinski definition) is 1. The van der Waals surface area contributed by atoms with Gasteiger partial charge in [-0.15, -0.1) is 0 Å². The van der Waals surface area contributed by atoms with Crippen molar-refractivity contribution in [2.24, 2.45) is 0 Å². The lowest BCUT2D eigenvalue weighted by molar-refractivity contribution is 0.424. The van der Waals surface area contributed by atoms with E-state index in [4.69, 9.17) is 16.3 Å². The second-order valence-corrected chi connectivity index (χ2v) is 3.98. The quantitative estimate of drug-likeness (QED) is 0.699. The molecule has 0 spiro atoms. The predicted molar refractivity (Wildman–Crippen MR) is 65.2 cm³/mol. The van der Waals surface area contributed by atoms with E-state index >= 15 is 0 Å². The van der Waals surface area contributed by atoms with Gasteiger partial charge in [-0.2, -0.15) is 0 Å². The molecule has 4 heteroatoms. The van der Waals surface area contributed by atoms with Gasteiger partial charge in [-0.05, 0) is 24.3 Å². The van der Waals surface area contributed by atoms with E-state index in [1.807, 2.05) is 30.5 Å². The molecule has 1 N–H and O–H groups in total. The number of fused-ring (bicyclic) bond motifs is 2. The Kier molecular flexibility index (Phi) is 2.01. The Balaban J connectivity index is 2.54. The number of aromatic nitrogens is 2. The lowest BCUT2D eigenvalue weighted by Crippen LogP contribution is -1.89. The van der Waals surface area contributed by atoms with Gasteiger partial charge in [-0.25, -0.2) is 4.98 Å². The number of H-pyrrole nitrogens is 1. The molecule has 0 unspecified atom stereocenters. The van der Waals surface area contributed by atoms with Gasteiger partial charge in [0.05, 0.1) is 18.0 Å². The van der Waals surface area contributed by atoms with Gasteiger partial charge in [0.15, 0.2) is 0 Å². The van der Waals surface area contributed by atoms with Crippen molar-refractivity contribution in [2.45, 2.75) is 0 Å². The van der Waals surface area contributed by atoms with Crippen LogP contribution in [0.2, 0.25) is 5.02 Å². The van der Waals surface area contributed by atoms with E-state index in [1.54, 1.807) is 7.11 Å². The van der Waals surface area contributed by atoms with Crippen molar-refractivity contribution < 1.29 is 4.74 Å². The summed E-state index contributed by atoms with van der Waals surface area (Å²) in [5.74, 6) is 0.831. The summed E-state index contributed by atoms with van der Waals surface area (Å²) in [4.78, 5) is 7.56. The molecule has 0 aliphatic heterocycles. The standard InChI is InChI=1S/C12H9ClN2O/c1-16-11-8-3-2-7(13)6-10(8)15-12-9(11)4-5-14-12/h2-6H,1H3,(H,14,15). The van der Waals surface area contributed by atoms with E-state index in [0.29, 0.717) is 5.02 Å². The minimum Gasteiger partial charge on any atom is -0.495 e. The van der Waals surface area contributed by atoms with Gasteiger partial charge in [0.1, 0.15) is 11.4 Å². The summed E-state index contributed by atoms with van der Waals surface area (Å²) in [7, 11) is 1.66. The number of rotatable bonds is 1. The van der Waals surface area contributed by atoms with Crippen LogP contribution in [0.3, 0.4) is 0 Å². The Bertz CT molecular complexity index is 675. The van der Waals surface area contributed by atoms with Crippen LogP contribution >= 0.6 is 11.6 Å². The van der Waals surface area contributed by atoms with Gasteiger partial charge in [0, 0.05) is 16.6 Å². The van der Waals surface area contributed by atoms with Crippen molar-refractivity contribution in [2.75, 3.05) is 7.11 Å². The van der Waals surface area contributed by atoms with Gasteiger partial charge in [-0.3, -0.25) is 0 Å². The molecule has 0 saturated carbocycles. The number of hydrogen-bond acceptors (Lipinski definition) is 2. The molecule has 0 fully saturated rings. The maximum absolute atomic E-state index is 5.95. The van der Waals surface area contributed by atoms with Crippen LogP contribution in [0.4, 0.5) is 0 Å². The Labute approximate surface area is 97.0 Å². The first kappa shape index (κ1) is 9.48. The third-order valence-electron chi connectivity index (χ3n) is 2.61. The van der Waals surface area contributed by atoms with E-state index in [-0.39, 0.29) is 0 Å². The number of aromatic amines is 1. The fraction of sp³-hybridized carbons (Fsp3) is 0.0833. The fourth-order valence-corrected chi connectivity index (χ4v) is 2.08. The Morgan fingerprint density at radius 3 is 2.94 bits per heavy atom. The first-order valence-electron chi connectivity index (χ1n) is 4.90. The van der Waals surface area contributed by atoms with Gasteiger partial charge in [0.2, 0.25) is 0 Å². The number of halogens is 1. The van der Waals surface area contributed by atoms with Crippen molar-refractivity contribution in [3.8, 4) is 5.75 Å². The molecule has 2 heterocycles. The van der Waals surface area contributed by atoms with Gasteiger partial charge in [0.25, 0.3) is 0 Å². The number of nitrogens with one attached hydrogen (secondary N) is 1. The fourth-order valence-electron chi connectivity index (χ4n) is 1.91. The smallest absolute Gasteiger partial charge is 0.141 e. The Morgan fingerprint density at radius 2 is 2.12 bits per heavy atom. The van der Waals surface area contributed by atoms with E-state index in [2.05, 4.69) is 9.97 Å². The summed E-state index contributed by atoms with van der Waals surface area (Å²) in [6.45, 7) is 0. The van der Waals surface area contributed by atoms with E-state index in [9.17, 15) is 0 Å². The number of ether oxygens (including phenoxy) is 1. The van der Waals surface area contributed by atoms with Crippen LogP contribution in [-0.4, -0.2) is 17.1 Å². The molecule has 16 heavy (non-hydrogen) atoms. The summed E-state index contributed by atoms with van der Waals surface area (Å²) in [6.07, 6.45) is 1.85. The molecule has 2 aromatic heterocycles. The summed E-state index contributed by atoms with van der Waals surface area (Å²) in [6, 6.07) is 7.55. The number of pyridine rings is 1. The molecule has 3 rings (SSSR count). The zero-order valence-electron chi connectivity index (χ0n) is 8.62. The van der Waals surface area contributed by atoms with E-state index in [1.165, 1.54) is 0 Å². The highest BCUT2D eigenvalue weighted by molar-refractivity contribution is 6.31. The zero-order valence-corrected chi connectivity index (χ0v) is 9.38. The van der Waals surface area contributed by atoms with Crippen LogP contribution in [0.25, 0.3) is 21.9 Å². The molecule has 0 aliphatic rings. The molecule has 3 aromatic rings. The first-order valence-corrected chi connectivity index (χ1v) is 5.28. The number of benzene rings is 1. The van der Waals surface area contributed by atoms with E-state index < -0.39 is 0 Å². The van der Waals surface area contributed by atoms with Crippen LogP contribution in [-0.2, 0) is 0 Å². The molecule has 0 saturated heterocycles. The van der Waals surface area contributed by atoms with Crippen LogP contribution < -0.4 is 4.74 Å². The molecular weight excluding hydrogens is 224 g/mol. The molecule has 1 aromatic carbocycles. The van der Waals surface area contributed by atoms with Crippen molar-refractivity contribution in [3.63, 3.8) is 0 Å². The van der Waals surface area contributed by atoms with Crippen LogP contribution in [0.1, 0.15) is 0 Å². The minimum atomic E-state index is 0.674. The zero-order chi connectivity index (χ0) is 11.1. The molecule has 3 nitrogen and oxygen atoms in total. The van der Waals surface area contributed by atoms with Crippen molar-refractivity contribution in [1.29, 1.82) is 0 Å². The third-order valence-corrected chi connectivity index (χ3v) is 2.85. The van der Waals surface area contributed by atoms with Crippen molar-refractivity contribution >= 4 is 33.5 Å². The van der Waals surface area contributed by atoms with Gasteiger partial charge in [-0.1, -0.05) is 11.6 Å². The second kappa shape index (κ2) is 3.39. The maximum atomic E-state index is 5.95. The highest BCUT2D eigenvalue weighted by Crippen LogP contribution is 2.33. The predicted octanol–water partition coefficient (Wildman–Crippen LogP) is 3.38. The minimum absolute atomic E-state index is 0.674. The molecular formula is C12H9ClN2O. The van der Waals surface area contributed by atoms with Crippen LogP contribution in [0.5, 0.6) is 5.75 Å². The van der Waals surface area contributed by atoms with Gasteiger partial charge < -0.3 is 9.72 Å². The number of nitrogens with zero attached hydrogens (tertiary/aromatic N) is 1. The maximum Gasteiger partial charge on any atom is 0.141 e. The summed E-state index contributed by atoms with van der Waals surface area (Å²) in [5, 5.41) is 2.63. The SMILES string of the molecule is COc1c2ccc(Cl)cc2nc2[nH]ccc12. The van der Waals surface area contributed by atoms with Crippen LogP contribution in [0, 0.1) is 0 Å². The van der Waals surface area contributed by atoms with Crippen LogP contribution in [0.15, 0.2) is 30.5 Å². The summed E-state index contributed by atoms with van der Waals surface area (Å²) in [5.41, 5.74) is 1.64. The Hall–Kier alpha value is -1.74. The first-order chi connectivity index (χ1) is 7.79.